The number of amides is 2. The molecule has 0 aromatic carbocycles. The lowest BCUT2D eigenvalue weighted by molar-refractivity contribution is -0.147. The second-order valence-corrected chi connectivity index (χ2v) is 8.91. The summed E-state index contributed by atoms with van der Waals surface area (Å²) in [5, 5.41) is 10.8. The number of fused-ring (bicyclic) bond motifs is 1. The zero-order valence-electron chi connectivity index (χ0n) is 15.8. The molecule has 3 aliphatic rings. The van der Waals surface area contributed by atoms with Crippen LogP contribution in [0.4, 0.5) is 4.79 Å². The van der Waals surface area contributed by atoms with Crippen LogP contribution in [0.2, 0.25) is 0 Å². The third kappa shape index (κ3) is 3.94. The van der Waals surface area contributed by atoms with E-state index in [4.69, 9.17) is 4.74 Å². The fraction of sp³-hybridized carbons (Fsp3) is 0.895. The lowest BCUT2D eigenvalue weighted by atomic mass is 9.71. The Morgan fingerprint density at radius 1 is 1.08 bits per heavy atom. The van der Waals surface area contributed by atoms with Crippen LogP contribution in [0.1, 0.15) is 65.7 Å². The standard InChI is InChI=1S/C19H32N2O4/c1-18(2,3)25-17(23)21-11-6-8-15(21)16(22)20-12-10-19(24)9-5-4-7-14(19)13-20/h14-15,24H,4-13H2,1-3H3/t14-,15-,19+/m1/s1. The van der Waals surface area contributed by atoms with E-state index in [0.717, 1.165) is 32.1 Å². The van der Waals surface area contributed by atoms with Crippen molar-refractivity contribution >= 4 is 12.0 Å². The molecule has 0 spiro atoms. The highest BCUT2D eigenvalue weighted by atomic mass is 16.6. The molecule has 2 aliphatic heterocycles. The molecule has 0 aromatic heterocycles. The van der Waals surface area contributed by atoms with E-state index in [2.05, 4.69) is 0 Å². The van der Waals surface area contributed by atoms with E-state index in [1.165, 1.54) is 0 Å². The maximum Gasteiger partial charge on any atom is 0.410 e. The van der Waals surface area contributed by atoms with Crippen LogP contribution in [0.25, 0.3) is 0 Å². The van der Waals surface area contributed by atoms with Gasteiger partial charge in [-0.05, 0) is 52.9 Å². The number of nitrogens with zero attached hydrogens (tertiary/aromatic N) is 2. The van der Waals surface area contributed by atoms with E-state index in [1.807, 2.05) is 25.7 Å². The molecule has 3 fully saturated rings. The molecule has 2 heterocycles. The highest BCUT2D eigenvalue weighted by molar-refractivity contribution is 5.86. The second-order valence-electron chi connectivity index (χ2n) is 8.91. The maximum absolute atomic E-state index is 13.1. The first-order chi connectivity index (χ1) is 11.7. The molecule has 1 aliphatic carbocycles. The van der Waals surface area contributed by atoms with Crippen molar-refractivity contribution in [2.24, 2.45) is 5.92 Å². The van der Waals surface area contributed by atoms with Crippen molar-refractivity contribution in [3.05, 3.63) is 0 Å². The highest BCUT2D eigenvalue weighted by Crippen LogP contribution is 2.40. The Kier molecular flexibility index (Phi) is 5.02. The molecule has 0 bridgehead atoms. The monoisotopic (exact) mass is 352 g/mol. The fourth-order valence-corrected chi connectivity index (χ4v) is 4.54. The minimum atomic E-state index is -0.588. The third-order valence-electron chi connectivity index (χ3n) is 5.91. The molecule has 0 aromatic rings. The lowest BCUT2D eigenvalue weighted by Gasteiger charge is -2.48. The number of likely N-dealkylation sites (tertiary alicyclic amines) is 2. The Bertz CT molecular complexity index is 530. The van der Waals surface area contributed by atoms with Gasteiger partial charge in [-0.3, -0.25) is 9.69 Å². The summed E-state index contributed by atoms with van der Waals surface area (Å²) < 4.78 is 5.47. The Morgan fingerprint density at radius 2 is 1.84 bits per heavy atom. The fourth-order valence-electron chi connectivity index (χ4n) is 4.54. The second kappa shape index (κ2) is 6.78. The van der Waals surface area contributed by atoms with Gasteiger partial charge in [0, 0.05) is 25.6 Å². The average Bonchev–Trinajstić information content (AvgIpc) is 3.01. The summed E-state index contributed by atoms with van der Waals surface area (Å²) in [5.41, 5.74) is -1.15. The first kappa shape index (κ1) is 18.5. The molecule has 25 heavy (non-hydrogen) atoms. The van der Waals surface area contributed by atoms with Gasteiger partial charge in [0.1, 0.15) is 11.6 Å². The zero-order valence-corrected chi connectivity index (χ0v) is 15.8. The molecule has 6 nitrogen and oxygen atoms in total. The van der Waals surface area contributed by atoms with Gasteiger partial charge in [0.15, 0.2) is 0 Å². The van der Waals surface area contributed by atoms with Crippen molar-refractivity contribution < 1.29 is 19.4 Å². The van der Waals surface area contributed by atoms with Crippen LogP contribution in [-0.2, 0) is 9.53 Å². The zero-order chi connectivity index (χ0) is 18.2. The van der Waals surface area contributed by atoms with Gasteiger partial charge in [-0.1, -0.05) is 12.8 Å². The number of piperidine rings is 1. The van der Waals surface area contributed by atoms with Crippen LogP contribution < -0.4 is 0 Å². The van der Waals surface area contributed by atoms with Crippen molar-refractivity contribution in [3.8, 4) is 0 Å². The summed E-state index contributed by atoms with van der Waals surface area (Å²) in [6.07, 6.45) is 5.84. The number of hydrogen-bond acceptors (Lipinski definition) is 4. The molecule has 1 N–H and O–H groups in total. The minimum Gasteiger partial charge on any atom is -0.444 e. The van der Waals surface area contributed by atoms with E-state index in [1.54, 1.807) is 4.90 Å². The van der Waals surface area contributed by atoms with Crippen molar-refractivity contribution in [1.29, 1.82) is 0 Å². The summed E-state index contributed by atoms with van der Waals surface area (Å²) >= 11 is 0. The van der Waals surface area contributed by atoms with Crippen molar-refractivity contribution in [1.82, 2.24) is 9.80 Å². The molecule has 3 rings (SSSR count). The molecule has 142 valence electrons. The van der Waals surface area contributed by atoms with E-state index in [9.17, 15) is 14.7 Å². The Balaban J connectivity index is 1.65. The number of ether oxygens (including phenoxy) is 1. The maximum atomic E-state index is 13.1. The topological polar surface area (TPSA) is 70.1 Å². The van der Waals surface area contributed by atoms with Gasteiger partial charge in [-0.15, -0.1) is 0 Å². The van der Waals surface area contributed by atoms with Gasteiger partial charge >= 0.3 is 6.09 Å². The van der Waals surface area contributed by atoms with E-state index in [0.29, 0.717) is 32.5 Å². The van der Waals surface area contributed by atoms with Crippen molar-refractivity contribution in [3.63, 3.8) is 0 Å². The number of carbonyl (C=O) groups is 2. The third-order valence-corrected chi connectivity index (χ3v) is 5.91. The molecule has 0 radical (unpaired) electrons. The Hall–Kier alpha value is -1.30. The number of carbonyl (C=O) groups excluding carboxylic acids is 2. The molecular weight excluding hydrogens is 320 g/mol. The molecule has 2 saturated heterocycles. The summed E-state index contributed by atoms with van der Waals surface area (Å²) in [7, 11) is 0. The average molecular weight is 352 g/mol. The minimum absolute atomic E-state index is 0.0241. The van der Waals surface area contributed by atoms with Gasteiger partial charge in [0.25, 0.3) is 0 Å². The smallest absolute Gasteiger partial charge is 0.410 e. The summed E-state index contributed by atoms with van der Waals surface area (Å²) in [6, 6.07) is -0.412. The summed E-state index contributed by atoms with van der Waals surface area (Å²) in [5.74, 6) is 0.200. The Labute approximate surface area is 150 Å². The number of aliphatic hydroxyl groups is 1. The van der Waals surface area contributed by atoms with Crippen LogP contribution in [0.3, 0.4) is 0 Å². The first-order valence-corrected chi connectivity index (χ1v) is 9.70. The molecule has 1 saturated carbocycles. The molecule has 3 atom stereocenters. The first-order valence-electron chi connectivity index (χ1n) is 9.70. The van der Waals surface area contributed by atoms with E-state index in [-0.39, 0.29) is 11.8 Å². The molecule has 2 amide bonds. The SMILES string of the molecule is CC(C)(C)OC(=O)N1CCC[C@@H]1C(=O)N1CC[C@@]2(O)CCCC[C@@H]2C1. The molecular formula is C19H32N2O4. The molecule has 0 unspecified atom stereocenters. The van der Waals surface area contributed by atoms with Crippen LogP contribution in [0.5, 0.6) is 0 Å². The Morgan fingerprint density at radius 3 is 2.56 bits per heavy atom. The van der Waals surface area contributed by atoms with Crippen molar-refractivity contribution in [2.75, 3.05) is 19.6 Å². The largest absolute Gasteiger partial charge is 0.444 e. The van der Waals surface area contributed by atoms with Crippen LogP contribution in [0.15, 0.2) is 0 Å². The van der Waals surface area contributed by atoms with E-state index >= 15 is 0 Å². The highest BCUT2D eigenvalue weighted by Gasteiger charge is 2.46. The predicted octanol–water partition coefficient (Wildman–Crippen LogP) is 2.54. The summed E-state index contributed by atoms with van der Waals surface area (Å²) in [4.78, 5) is 29.0. The van der Waals surface area contributed by atoms with Crippen LogP contribution in [-0.4, -0.2) is 63.8 Å². The van der Waals surface area contributed by atoms with Crippen LogP contribution in [0, 0.1) is 5.92 Å². The number of hydrogen-bond donors (Lipinski definition) is 1. The van der Waals surface area contributed by atoms with Gasteiger partial charge in [-0.2, -0.15) is 0 Å². The van der Waals surface area contributed by atoms with Gasteiger partial charge in [0.2, 0.25) is 5.91 Å². The quantitative estimate of drug-likeness (QED) is 0.787. The number of rotatable bonds is 1. The van der Waals surface area contributed by atoms with Gasteiger partial charge < -0.3 is 14.7 Å². The molecule has 6 heteroatoms. The van der Waals surface area contributed by atoms with E-state index < -0.39 is 23.3 Å². The van der Waals surface area contributed by atoms with Crippen LogP contribution >= 0.6 is 0 Å². The van der Waals surface area contributed by atoms with Crippen molar-refractivity contribution in [2.45, 2.75) is 83.0 Å². The lowest BCUT2D eigenvalue weighted by Crippen LogP contribution is -2.58. The summed E-state index contributed by atoms with van der Waals surface area (Å²) in [6.45, 7) is 7.30. The predicted molar refractivity (Wildman–Crippen MR) is 94.1 cm³/mol. The normalized spacial score (nSPS) is 33.1. The van der Waals surface area contributed by atoms with Gasteiger partial charge in [-0.25, -0.2) is 4.79 Å². The van der Waals surface area contributed by atoms with Gasteiger partial charge in [0.05, 0.1) is 5.60 Å².